The number of fused-ring (bicyclic) bond motifs is 6. The van der Waals surface area contributed by atoms with Gasteiger partial charge in [0.05, 0.1) is 5.52 Å². The summed E-state index contributed by atoms with van der Waals surface area (Å²) in [7, 11) is 0. The highest BCUT2D eigenvalue weighted by Gasteiger charge is 2.41. The van der Waals surface area contributed by atoms with Crippen molar-refractivity contribution >= 4 is 27.3 Å². The molecule has 168 valence electrons. The molecule has 4 aromatic rings. The quantitative estimate of drug-likeness (QED) is 0.300. The molecule has 5 rings (SSSR count). The number of aromatic nitrogens is 2. The van der Waals surface area contributed by atoms with E-state index in [1.54, 1.807) is 5.56 Å². The largest absolute Gasteiger partial charge is 0.299 e. The molecular weight excluding hydrogens is 388 g/mol. The third-order valence-electron chi connectivity index (χ3n) is 8.49. The standard InChI is InChI=1S/C30H38N2/c1-18(2)22-16-25(19(3)4)29(26(17-22)20(5)6)21-11-12-28-27(15-21)23-9-7-8-10-24(23)30-31-13-14-32(28)30/h7-15,18-20,22,25-26,29H,16-17H2,1-6H3. The van der Waals surface area contributed by atoms with Gasteiger partial charge in [-0.15, -0.1) is 0 Å². The fourth-order valence-electron chi connectivity index (χ4n) is 6.62. The lowest BCUT2D eigenvalue weighted by atomic mass is 9.58. The van der Waals surface area contributed by atoms with Crippen LogP contribution >= 0.6 is 0 Å². The Morgan fingerprint density at radius 2 is 1.44 bits per heavy atom. The molecule has 1 aliphatic rings. The second-order valence-corrected chi connectivity index (χ2v) is 11.3. The SMILES string of the molecule is CC(C)C1CC(C(C)C)C(c2ccc3c(c2)c2ccccc2c2nccn32)C(C(C)C)C1. The molecule has 0 amide bonds. The highest BCUT2D eigenvalue weighted by Crippen LogP contribution is 2.52. The average molecular weight is 427 g/mol. The molecule has 2 unspecified atom stereocenters. The van der Waals surface area contributed by atoms with Gasteiger partial charge in [-0.05, 0) is 77.3 Å². The van der Waals surface area contributed by atoms with Crippen LogP contribution in [0.3, 0.4) is 0 Å². The van der Waals surface area contributed by atoms with Gasteiger partial charge < -0.3 is 0 Å². The van der Waals surface area contributed by atoms with E-state index < -0.39 is 0 Å². The van der Waals surface area contributed by atoms with E-state index >= 15 is 0 Å². The molecule has 2 heteroatoms. The Kier molecular flexibility index (Phi) is 5.51. The number of pyridine rings is 1. The van der Waals surface area contributed by atoms with Crippen molar-refractivity contribution in [1.29, 1.82) is 0 Å². The van der Waals surface area contributed by atoms with E-state index in [1.807, 2.05) is 6.20 Å². The molecule has 1 saturated carbocycles. The maximum absolute atomic E-state index is 4.67. The van der Waals surface area contributed by atoms with Crippen LogP contribution in [0.15, 0.2) is 54.9 Å². The summed E-state index contributed by atoms with van der Waals surface area (Å²) in [5.74, 6) is 5.13. The van der Waals surface area contributed by atoms with Crippen LogP contribution in [0.1, 0.15) is 65.9 Å². The fraction of sp³-hybridized carbons (Fsp3) is 0.500. The van der Waals surface area contributed by atoms with Crippen LogP contribution in [0.5, 0.6) is 0 Å². The van der Waals surface area contributed by atoms with Gasteiger partial charge in [0.25, 0.3) is 0 Å². The van der Waals surface area contributed by atoms with Gasteiger partial charge >= 0.3 is 0 Å². The third-order valence-corrected chi connectivity index (χ3v) is 8.49. The highest BCUT2D eigenvalue weighted by molar-refractivity contribution is 6.11. The van der Waals surface area contributed by atoms with Crippen LogP contribution in [0, 0.1) is 35.5 Å². The smallest absolute Gasteiger partial charge is 0.145 e. The van der Waals surface area contributed by atoms with Crippen molar-refractivity contribution in [1.82, 2.24) is 9.38 Å². The molecule has 0 radical (unpaired) electrons. The molecule has 0 saturated heterocycles. The van der Waals surface area contributed by atoms with Crippen molar-refractivity contribution in [3.8, 4) is 0 Å². The molecule has 0 aliphatic heterocycles. The van der Waals surface area contributed by atoms with E-state index in [2.05, 4.69) is 99.6 Å². The number of imidazole rings is 1. The van der Waals surface area contributed by atoms with Crippen LogP contribution in [0.4, 0.5) is 0 Å². The number of rotatable bonds is 4. The molecule has 32 heavy (non-hydrogen) atoms. The molecule has 1 fully saturated rings. The topological polar surface area (TPSA) is 17.3 Å². The number of benzene rings is 2. The first kappa shape index (κ1) is 21.5. The van der Waals surface area contributed by atoms with Crippen LogP contribution in [0.2, 0.25) is 0 Å². The Bertz CT molecular complexity index is 1230. The van der Waals surface area contributed by atoms with Crippen LogP contribution in [-0.2, 0) is 0 Å². The van der Waals surface area contributed by atoms with E-state index in [4.69, 9.17) is 0 Å². The normalized spacial score (nSPS) is 24.5. The molecule has 2 heterocycles. The zero-order chi connectivity index (χ0) is 22.6. The van der Waals surface area contributed by atoms with E-state index in [-0.39, 0.29) is 0 Å². The van der Waals surface area contributed by atoms with E-state index in [0.717, 1.165) is 29.3 Å². The molecule has 2 aromatic heterocycles. The summed E-state index contributed by atoms with van der Waals surface area (Å²) in [6.45, 7) is 14.6. The zero-order valence-electron chi connectivity index (χ0n) is 20.5. The van der Waals surface area contributed by atoms with Gasteiger partial charge in [0.2, 0.25) is 0 Å². The Labute approximate surface area is 193 Å². The number of hydrogen-bond acceptors (Lipinski definition) is 1. The summed E-state index contributed by atoms with van der Waals surface area (Å²) < 4.78 is 2.26. The number of nitrogens with zero attached hydrogens (tertiary/aromatic N) is 2. The summed E-state index contributed by atoms with van der Waals surface area (Å²) in [6.07, 6.45) is 6.75. The van der Waals surface area contributed by atoms with Gasteiger partial charge in [-0.2, -0.15) is 0 Å². The molecule has 2 atom stereocenters. The zero-order valence-corrected chi connectivity index (χ0v) is 20.5. The minimum Gasteiger partial charge on any atom is -0.299 e. The third kappa shape index (κ3) is 3.43. The molecule has 2 nitrogen and oxygen atoms in total. The van der Waals surface area contributed by atoms with E-state index in [1.165, 1.54) is 34.5 Å². The molecule has 1 aliphatic carbocycles. The van der Waals surface area contributed by atoms with Gasteiger partial charge in [-0.25, -0.2) is 4.98 Å². The van der Waals surface area contributed by atoms with Crippen molar-refractivity contribution < 1.29 is 0 Å². The lowest BCUT2D eigenvalue weighted by molar-refractivity contribution is 0.0734. The first-order valence-electron chi connectivity index (χ1n) is 12.6. The summed E-state index contributed by atoms with van der Waals surface area (Å²) in [4.78, 5) is 4.67. The highest BCUT2D eigenvalue weighted by atomic mass is 15.0. The average Bonchev–Trinajstić information content (AvgIpc) is 3.28. The predicted molar refractivity (Wildman–Crippen MR) is 137 cm³/mol. The van der Waals surface area contributed by atoms with E-state index in [0.29, 0.717) is 17.8 Å². The minimum atomic E-state index is 0.631. The van der Waals surface area contributed by atoms with Gasteiger partial charge in [-0.3, -0.25) is 4.40 Å². The second kappa shape index (κ2) is 8.21. The molecule has 0 bridgehead atoms. The maximum atomic E-state index is 4.67. The number of hydrogen-bond donors (Lipinski definition) is 0. The van der Waals surface area contributed by atoms with E-state index in [9.17, 15) is 0 Å². The van der Waals surface area contributed by atoms with Gasteiger partial charge in [-0.1, -0.05) is 71.9 Å². The van der Waals surface area contributed by atoms with Crippen molar-refractivity contribution in [3.05, 3.63) is 60.4 Å². The first-order valence-corrected chi connectivity index (χ1v) is 12.6. The summed E-state index contributed by atoms with van der Waals surface area (Å²) >= 11 is 0. The predicted octanol–water partition coefficient (Wildman–Crippen LogP) is 8.33. The maximum Gasteiger partial charge on any atom is 0.145 e. The van der Waals surface area contributed by atoms with Gasteiger partial charge in [0, 0.05) is 23.2 Å². The molecule has 0 N–H and O–H groups in total. The van der Waals surface area contributed by atoms with Crippen molar-refractivity contribution in [2.75, 3.05) is 0 Å². The molecular formula is C30H38N2. The van der Waals surface area contributed by atoms with Crippen molar-refractivity contribution in [2.45, 2.75) is 60.3 Å². The Morgan fingerprint density at radius 1 is 0.781 bits per heavy atom. The first-order chi connectivity index (χ1) is 15.4. The van der Waals surface area contributed by atoms with Gasteiger partial charge in [0.1, 0.15) is 5.65 Å². The Balaban J connectivity index is 1.72. The second-order valence-electron chi connectivity index (χ2n) is 11.3. The lowest BCUT2D eigenvalue weighted by Gasteiger charge is -2.47. The summed E-state index contributed by atoms with van der Waals surface area (Å²) in [5, 5.41) is 3.92. The summed E-state index contributed by atoms with van der Waals surface area (Å²) in [6, 6.07) is 16.1. The van der Waals surface area contributed by atoms with Crippen molar-refractivity contribution in [2.24, 2.45) is 35.5 Å². The van der Waals surface area contributed by atoms with Gasteiger partial charge in [0.15, 0.2) is 0 Å². The fourth-order valence-corrected chi connectivity index (χ4v) is 6.62. The van der Waals surface area contributed by atoms with Crippen molar-refractivity contribution in [3.63, 3.8) is 0 Å². The van der Waals surface area contributed by atoms with Crippen LogP contribution in [-0.4, -0.2) is 9.38 Å². The monoisotopic (exact) mass is 426 g/mol. The Morgan fingerprint density at radius 3 is 2.06 bits per heavy atom. The lowest BCUT2D eigenvalue weighted by Crippen LogP contribution is -2.37. The summed E-state index contributed by atoms with van der Waals surface area (Å²) in [5.41, 5.74) is 3.86. The van der Waals surface area contributed by atoms with Crippen LogP contribution in [0.25, 0.3) is 27.3 Å². The Hall–Kier alpha value is -2.35. The molecule has 2 aromatic carbocycles. The van der Waals surface area contributed by atoms with Crippen LogP contribution < -0.4 is 0 Å². The molecule has 0 spiro atoms. The minimum absolute atomic E-state index is 0.631.